The van der Waals surface area contributed by atoms with E-state index in [9.17, 15) is 23.1 Å². The lowest BCUT2D eigenvalue weighted by molar-refractivity contribution is -0.275. The quantitative estimate of drug-likeness (QED) is 0.271. The van der Waals surface area contributed by atoms with Crippen LogP contribution in [0, 0.1) is 0 Å². The van der Waals surface area contributed by atoms with E-state index < -0.39 is 23.8 Å². The summed E-state index contributed by atoms with van der Waals surface area (Å²) in [5.74, 6) is -1.97. The molecule has 0 amide bonds. The number of aromatic hydroxyl groups is 1. The number of phenols is 1. The van der Waals surface area contributed by atoms with Crippen molar-refractivity contribution in [3.63, 3.8) is 0 Å². The fourth-order valence-electron chi connectivity index (χ4n) is 2.53. The molecule has 0 heterocycles. The van der Waals surface area contributed by atoms with E-state index in [0.29, 0.717) is 6.42 Å². The van der Waals surface area contributed by atoms with Gasteiger partial charge in [-0.15, -0.1) is 13.2 Å². The van der Waals surface area contributed by atoms with Crippen molar-refractivity contribution in [2.24, 2.45) is 0 Å². The Kier molecular flexibility index (Phi) is 9.91. The molecule has 0 atom stereocenters. The van der Waals surface area contributed by atoms with Gasteiger partial charge < -0.3 is 14.6 Å². The average Bonchev–Trinajstić information content (AvgIpc) is 2.55. The minimum absolute atomic E-state index is 0.0158. The Balaban J connectivity index is 2.22. The molecule has 1 aromatic rings. The standard InChI is InChI=1S/C19H27F3O4/c1-2-3-4-5-6-7-8-9-10-11-18(24)25-15-12-13-17(16(23)14-15)26-19(20,21)22/h12-14,23H,2-11H2,1H3. The van der Waals surface area contributed by atoms with E-state index in [1.807, 2.05) is 0 Å². The van der Waals surface area contributed by atoms with Crippen LogP contribution in [0.5, 0.6) is 17.2 Å². The molecule has 0 radical (unpaired) electrons. The molecule has 0 saturated heterocycles. The Hall–Kier alpha value is -1.92. The minimum Gasteiger partial charge on any atom is -0.504 e. The molecule has 148 valence electrons. The molecule has 0 bridgehead atoms. The van der Waals surface area contributed by atoms with Gasteiger partial charge in [0.25, 0.3) is 0 Å². The monoisotopic (exact) mass is 376 g/mol. The van der Waals surface area contributed by atoms with Gasteiger partial charge in [-0.05, 0) is 18.6 Å². The van der Waals surface area contributed by atoms with Crippen molar-refractivity contribution in [1.29, 1.82) is 0 Å². The molecule has 0 saturated carbocycles. The number of hydrogen-bond acceptors (Lipinski definition) is 4. The van der Waals surface area contributed by atoms with Crippen LogP contribution in [0.3, 0.4) is 0 Å². The number of ether oxygens (including phenoxy) is 2. The number of halogens is 3. The molecule has 26 heavy (non-hydrogen) atoms. The summed E-state index contributed by atoms with van der Waals surface area (Å²) in [6.45, 7) is 2.19. The number of phenolic OH excluding ortho intramolecular Hbond substituents is 1. The number of carbonyl (C=O) groups is 1. The zero-order chi connectivity index (χ0) is 19.4. The summed E-state index contributed by atoms with van der Waals surface area (Å²) in [4.78, 5) is 11.7. The van der Waals surface area contributed by atoms with E-state index in [1.54, 1.807) is 0 Å². The van der Waals surface area contributed by atoms with E-state index in [4.69, 9.17) is 4.74 Å². The summed E-state index contributed by atoms with van der Waals surface area (Å²) in [5.41, 5.74) is 0. The van der Waals surface area contributed by atoms with Crippen molar-refractivity contribution in [3.05, 3.63) is 18.2 Å². The van der Waals surface area contributed by atoms with Gasteiger partial charge in [0.15, 0.2) is 11.5 Å². The topological polar surface area (TPSA) is 55.8 Å². The van der Waals surface area contributed by atoms with Crippen molar-refractivity contribution < 1.29 is 32.5 Å². The highest BCUT2D eigenvalue weighted by atomic mass is 19.4. The van der Waals surface area contributed by atoms with Crippen LogP contribution in [0.25, 0.3) is 0 Å². The third-order valence-corrected chi connectivity index (χ3v) is 3.87. The fourth-order valence-corrected chi connectivity index (χ4v) is 2.53. The number of hydrogen-bond donors (Lipinski definition) is 1. The molecule has 0 fully saturated rings. The maximum atomic E-state index is 12.1. The van der Waals surface area contributed by atoms with Crippen LogP contribution in [-0.2, 0) is 4.79 Å². The molecule has 0 spiro atoms. The number of carbonyl (C=O) groups excluding carboxylic acids is 1. The first-order valence-electron chi connectivity index (χ1n) is 9.11. The molecular formula is C19H27F3O4. The van der Waals surface area contributed by atoms with E-state index in [0.717, 1.165) is 37.5 Å². The van der Waals surface area contributed by atoms with Gasteiger partial charge in [-0.25, -0.2) is 0 Å². The van der Waals surface area contributed by atoms with Crippen LogP contribution in [0.1, 0.15) is 71.1 Å². The van der Waals surface area contributed by atoms with Gasteiger partial charge in [-0.2, -0.15) is 0 Å². The third-order valence-electron chi connectivity index (χ3n) is 3.87. The zero-order valence-electron chi connectivity index (χ0n) is 15.1. The van der Waals surface area contributed by atoms with Gasteiger partial charge in [0.05, 0.1) is 0 Å². The van der Waals surface area contributed by atoms with Crippen LogP contribution in [-0.4, -0.2) is 17.4 Å². The summed E-state index contributed by atoms with van der Waals surface area (Å²) in [6, 6.07) is 2.98. The molecule has 0 aliphatic rings. The average molecular weight is 376 g/mol. The van der Waals surface area contributed by atoms with Crippen LogP contribution < -0.4 is 9.47 Å². The minimum atomic E-state index is -4.90. The molecule has 0 unspecified atom stereocenters. The Bertz CT molecular complexity index is 544. The van der Waals surface area contributed by atoms with Crippen molar-refractivity contribution in [3.8, 4) is 17.2 Å². The summed E-state index contributed by atoms with van der Waals surface area (Å²) >= 11 is 0. The molecule has 7 heteroatoms. The van der Waals surface area contributed by atoms with Gasteiger partial charge in [0, 0.05) is 12.5 Å². The van der Waals surface area contributed by atoms with E-state index >= 15 is 0 Å². The van der Waals surface area contributed by atoms with Crippen LogP contribution in [0.2, 0.25) is 0 Å². The normalized spacial score (nSPS) is 11.4. The van der Waals surface area contributed by atoms with E-state index in [1.165, 1.54) is 32.1 Å². The predicted octanol–water partition coefficient (Wildman–Crippen LogP) is 6.12. The molecule has 4 nitrogen and oxygen atoms in total. The predicted molar refractivity (Wildman–Crippen MR) is 92.3 cm³/mol. The number of benzene rings is 1. The lowest BCUT2D eigenvalue weighted by atomic mass is 10.1. The highest BCUT2D eigenvalue weighted by Crippen LogP contribution is 2.34. The molecule has 1 N–H and O–H groups in total. The molecule has 0 aliphatic carbocycles. The van der Waals surface area contributed by atoms with Gasteiger partial charge in [-0.3, -0.25) is 4.79 Å². The summed E-state index contributed by atoms with van der Waals surface area (Å²) in [6.07, 6.45) is 5.48. The lowest BCUT2D eigenvalue weighted by Crippen LogP contribution is -2.17. The third kappa shape index (κ3) is 10.2. The van der Waals surface area contributed by atoms with Crippen molar-refractivity contribution in [2.45, 2.75) is 77.5 Å². The van der Waals surface area contributed by atoms with Crippen molar-refractivity contribution >= 4 is 5.97 Å². The first-order valence-corrected chi connectivity index (χ1v) is 9.11. The second-order valence-corrected chi connectivity index (χ2v) is 6.23. The molecule has 1 aromatic carbocycles. The molecular weight excluding hydrogens is 349 g/mol. The Morgan fingerprint density at radius 2 is 1.58 bits per heavy atom. The number of rotatable bonds is 12. The van der Waals surface area contributed by atoms with Gasteiger partial charge in [0.2, 0.25) is 0 Å². The maximum absolute atomic E-state index is 12.1. The first-order chi connectivity index (χ1) is 12.3. The van der Waals surface area contributed by atoms with Crippen LogP contribution in [0.4, 0.5) is 13.2 Å². The number of alkyl halides is 3. The lowest BCUT2D eigenvalue weighted by Gasteiger charge is -2.11. The molecule has 1 rings (SSSR count). The summed E-state index contributed by atoms with van der Waals surface area (Å²) < 4.78 is 45.0. The van der Waals surface area contributed by atoms with Gasteiger partial charge in [-0.1, -0.05) is 58.3 Å². The van der Waals surface area contributed by atoms with Crippen LogP contribution in [0.15, 0.2) is 18.2 Å². The van der Waals surface area contributed by atoms with Gasteiger partial charge in [0.1, 0.15) is 5.75 Å². The zero-order valence-corrected chi connectivity index (χ0v) is 15.1. The van der Waals surface area contributed by atoms with E-state index in [2.05, 4.69) is 11.7 Å². The van der Waals surface area contributed by atoms with Crippen molar-refractivity contribution in [2.75, 3.05) is 0 Å². The summed E-state index contributed by atoms with van der Waals surface area (Å²) in [5, 5.41) is 9.50. The van der Waals surface area contributed by atoms with Crippen LogP contribution >= 0.6 is 0 Å². The van der Waals surface area contributed by atoms with Crippen molar-refractivity contribution in [1.82, 2.24) is 0 Å². The fraction of sp³-hybridized carbons (Fsp3) is 0.632. The van der Waals surface area contributed by atoms with E-state index in [-0.39, 0.29) is 12.2 Å². The highest BCUT2D eigenvalue weighted by Gasteiger charge is 2.32. The number of unbranched alkanes of at least 4 members (excludes halogenated alkanes) is 8. The Labute approximate surface area is 152 Å². The number of esters is 1. The highest BCUT2D eigenvalue weighted by molar-refractivity contribution is 5.72. The Morgan fingerprint density at radius 1 is 1.00 bits per heavy atom. The summed E-state index contributed by atoms with van der Waals surface area (Å²) in [7, 11) is 0. The second-order valence-electron chi connectivity index (χ2n) is 6.23. The molecule has 0 aliphatic heterocycles. The largest absolute Gasteiger partial charge is 0.573 e. The smallest absolute Gasteiger partial charge is 0.504 e. The second kappa shape index (κ2) is 11.6. The van der Waals surface area contributed by atoms with Gasteiger partial charge >= 0.3 is 12.3 Å². The Morgan fingerprint density at radius 3 is 2.12 bits per heavy atom. The SMILES string of the molecule is CCCCCCCCCCCC(=O)Oc1ccc(OC(F)(F)F)c(O)c1. The maximum Gasteiger partial charge on any atom is 0.573 e. The molecule has 0 aromatic heterocycles. The first kappa shape index (κ1) is 22.1.